The van der Waals surface area contributed by atoms with Crippen LogP contribution in [-0.4, -0.2) is 19.0 Å². The van der Waals surface area contributed by atoms with E-state index in [2.05, 4.69) is 5.32 Å². The number of rotatable bonds is 4. The molecule has 2 rings (SSSR count). The number of nitrogens with one attached hydrogen (secondary N) is 1. The van der Waals surface area contributed by atoms with Crippen LogP contribution in [0, 0.1) is 17.8 Å². The summed E-state index contributed by atoms with van der Waals surface area (Å²) in [5, 5.41) is 2.96. The molecule has 3 nitrogen and oxygen atoms in total. The van der Waals surface area contributed by atoms with E-state index >= 15 is 0 Å². The summed E-state index contributed by atoms with van der Waals surface area (Å²) in [6.45, 7) is 1.17. The summed E-state index contributed by atoms with van der Waals surface area (Å²) in [7, 11) is 0. The van der Waals surface area contributed by atoms with Crippen molar-refractivity contribution >= 4 is 5.91 Å². The summed E-state index contributed by atoms with van der Waals surface area (Å²) in [6, 6.07) is 0. The minimum absolute atomic E-state index is 0.254. The molecule has 0 aromatic carbocycles. The van der Waals surface area contributed by atoms with Crippen LogP contribution >= 0.6 is 0 Å². The maximum Gasteiger partial charge on any atom is 0.223 e. The third-order valence-corrected chi connectivity index (χ3v) is 3.77. The van der Waals surface area contributed by atoms with Gasteiger partial charge in [-0.05, 0) is 31.1 Å². The average Bonchev–Trinajstić information content (AvgIpc) is 2.85. The van der Waals surface area contributed by atoms with Gasteiger partial charge in [-0.1, -0.05) is 18.6 Å². The molecule has 0 aromatic heterocycles. The number of nitrogens with two attached hydrogens (primary N) is 1. The Morgan fingerprint density at radius 3 is 2.80 bits per heavy atom. The molecule has 2 aliphatic rings. The van der Waals surface area contributed by atoms with Crippen LogP contribution < -0.4 is 11.1 Å². The zero-order chi connectivity index (χ0) is 10.7. The second-order valence-electron chi connectivity index (χ2n) is 4.73. The number of carbonyl (C=O) groups excluding carboxylic acids is 1. The van der Waals surface area contributed by atoms with E-state index in [-0.39, 0.29) is 5.91 Å². The molecule has 3 N–H and O–H groups in total. The van der Waals surface area contributed by atoms with Crippen LogP contribution in [-0.2, 0) is 4.79 Å². The summed E-state index contributed by atoms with van der Waals surface area (Å²) in [4.78, 5) is 11.8. The van der Waals surface area contributed by atoms with Crippen LogP contribution in [0.1, 0.15) is 25.7 Å². The zero-order valence-electron chi connectivity index (χ0n) is 9.11. The molecule has 15 heavy (non-hydrogen) atoms. The maximum atomic E-state index is 11.8. The van der Waals surface area contributed by atoms with Gasteiger partial charge in [-0.2, -0.15) is 0 Å². The first-order chi connectivity index (χ1) is 7.31. The molecule has 2 saturated carbocycles. The fraction of sp³-hybridized carbons (Fsp3) is 0.750. The Balaban J connectivity index is 1.74. The first kappa shape index (κ1) is 10.7. The van der Waals surface area contributed by atoms with Gasteiger partial charge in [0.05, 0.1) is 0 Å². The Morgan fingerprint density at radius 2 is 2.20 bits per heavy atom. The van der Waals surface area contributed by atoms with Crippen molar-refractivity contribution in [1.29, 1.82) is 0 Å². The van der Waals surface area contributed by atoms with Gasteiger partial charge in [-0.15, -0.1) is 0 Å². The average molecular weight is 208 g/mol. The lowest BCUT2D eigenvalue weighted by Crippen LogP contribution is -2.33. The lowest BCUT2D eigenvalue weighted by Gasteiger charge is -2.20. The molecule has 0 heterocycles. The van der Waals surface area contributed by atoms with E-state index in [9.17, 15) is 4.79 Å². The van der Waals surface area contributed by atoms with Crippen LogP contribution in [0.3, 0.4) is 0 Å². The molecule has 3 unspecified atom stereocenters. The molecule has 0 saturated heterocycles. The Morgan fingerprint density at radius 1 is 1.33 bits per heavy atom. The maximum absolute atomic E-state index is 11.8. The highest BCUT2D eigenvalue weighted by atomic mass is 16.1. The van der Waals surface area contributed by atoms with Gasteiger partial charge < -0.3 is 11.1 Å². The highest BCUT2D eigenvalue weighted by Gasteiger charge is 2.42. The molecule has 2 bridgehead atoms. The van der Waals surface area contributed by atoms with E-state index in [1.807, 2.05) is 12.2 Å². The molecule has 0 aromatic rings. The Kier molecular flexibility index (Phi) is 3.41. The third kappa shape index (κ3) is 2.40. The smallest absolute Gasteiger partial charge is 0.223 e. The predicted octanol–water partition coefficient (Wildman–Crippen LogP) is 1.05. The van der Waals surface area contributed by atoms with Crippen molar-refractivity contribution in [2.45, 2.75) is 25.7 Å². The van der Waals surface area contributed by atoms with Crippen molar-refractivity contribution < 1.29 is 4.79 Å². The fourth-order valence-corrected chi connectivity index (χ4v) is 3.04. The molecule has 0 spiro atoms. The normalized spacial score (nSPS) is 33.8. The predicted molar refractivity (Wildman–Crippen MR) is 60.1 cm³/mol. The highest BCUT2D eigenvalue weighted by molar-refractivity contribution is 5.79. The van der Waals surface area contributed by atoms with Gasteiger partial charge >= 0.3 is 0 Å². The second-order valence-corrected chi connectivity index (χ2v) is 4.73. The van der Waals surface area contributed by atoms with Gasteiger partial charge in [0.1, 0.15) is 0 Å². The van der Waals surface area contributed by atoms with E-state index < -0.39 is 0 Å². The quantitative estimate of drug-likeness (QED) is 0.679. The van der Waals surface area contributed by atoms with Crippen LogP contribution in [0.25, 0.3) is 0 Å². The summed E-state index contributed by atoms with van der Waals surface area (Å²) in [6.07, 6.45) is 8.82. The van der Waals surface area contributed by atoms with Gasteiger partial charge in [0.15, 0.2) is 0 Å². The molecule has 0 radical (unpaired) electrons. The van der Waals surface area contributed by atoms with Crippen molar-refractivity contribution in [2.24, 2.45) is 23.5 Å². The van der Waals surface area contributed by atoms with Crippen molar-refractivity contribution in [3.8, 4) is 0 Å². The van der Waals surface area contributed by atoms with Crippen LogP contribution in [0.2, 0.25) is 0 Å². The standard InChI is InChI=1S/C12H20N2O/c13-5-1-2-6-14-12(15)11-8-9-3-4-10(11)7-9/h1-2,9-11H,3-8,13H2,(H,14,15)/b2-1+. The lowest BCUT2D eigenvalue weighted by molar-refractivity contribution is -0.126. The topological polar surface area (TPSA) is 55.1 Å². The number of fused-ring (bicyclic) bond motifs is 2. The largest absolute Gasteiger partial charge is 0.352 e. The fourth-order valence-electron chi connectivity index (χ4n) is 3.04. The first-order valence-electron chi connectivity index (χ1n) is 5.94. The molecule has 1 amide bonds. The van der Waals surface area contributed by atoms with Crippen molar-refractivity contribution in [2.75, 3.05) is 13.1 Å². The molecule has 3 heteroatoms. The minimum Gasteiger partial charge on any atom is -0.352 e. The van der Waals surface area contributed by atoms with Gasteiger partial charge in [0, 0.05) is 19.0 Å². The van der Waals surface area contributed by atoms with E-state index in [0.29, 0.717) is 24.9 Å². The van der Waals surface area contributed by atoms with Gasteiger partial charge in [-0.3, -0.25) is 4.79 Å². The summed E-state index contributed by atoms with van der Waals surface area (Å²) in [5.74, 6) is 2.07. The van der Waals surface area contributed by atoms with Crippen molar-refractivity contribution in [3.63, 3.8) is 0 Å². The summed E-state index contributed by atoms with van der Waals surface area (Å²) >= 11 is 0. The second kappa shape index (κ2) is 4.79. The van der Waals surface area contributed by atoms with E-state index in [1.54, 1.807) is 0 Å². The van der Waals surface area contributed by atoms with Gasteiger partial charge in [0.25, 0.3) is 0 Å². The Hall–Kier alpha value is -0.830. The number of hydrogen-bond acceptors (Lipinski definition) is 2. The molecule has 2 fully saturated rings. The number of hydrogen-bond donors (Lipinski definition) is 2. The molecule has 2 aliphatic carbocycles. The first-order valence-corrected chi connectivity index (χ1v) is 5.94. The summed E-state index contributed by atoms with van der Waals surface area (Å²) in [5.41, 5.74) is 5.32. The number of amides is 1. The molecule has 3 atom stereocenters. The van der Waals surface area contributed by atoms with E-state index in [4.69, 9.17) is 5.73 Å². The zero-order valence-corrected chi connectivity index (χ0v) is 9.11. The van der Waals surface area contributed by atoms with Crippen LogP contribution in [0.5, 0.6) is 0 Å². The van der Waals surface area contributed by atoms with Crippen LogP contribution in [0.4, 0.5) is 0 Å². The van der Waals surface area contributed by atoms with E-state index in [0.717, 1.165) is 12.3 Å². The van der Waals surface area contributed by atoms with Gasteiger partial charge in [0.2, 0.25) is 5.91 Å². The number of carbonyl (C=O) groups is 1. The Bertz CT molecular complexity index is 262. The molecule has 84 valence electrons. The minimum atomic E-state index is 0.254. The van der Waals surface area contributed by atoms with Gasteiger partial charge in [-0.25, -0.2) is 0 Å². The summed E-state index contributed by atoms with van der Waals surface area (Å²) < 4.78 is 0. The third-order valence-electron chi connectivity index (χ3n) is 3.77. The molecular weight excluding hydrogens is 188 g/mol. The van der Waals surface area contributed by atoms with E-state index in [1.165, 1.54) is 19.3 Å². The van der Waals surface area contributed by atoms with Crippen molar-refractivity contribution in [1.82, 2.24) is 5.32 Å². The highest BCUT2D eigenvalue weighted by Crippen LogP contribution is 2.48. The lowest BCUT2D eigenvalue weighted by atomic mass is 9.88. The monoisotopic (exact) mass is 208 g/mol. The molecule has 0 aliphatic heterocycles. The molecular formula is C12H20N2O. The van der Waals surface area contributed by atoms with Crippen molar-refractivity contribution in [3.05, 3.63) is 12.2 Å². The van der Waals surface area contributed by atoms with Crippen LogP contribution in [0.15, 0.2) is 12.2 Å². The SMILES string of the molecule is NC/C=C/CNC(=O)C1CC2CCC1C2. The Labute approximate surface area is 91.1 Å².